The predicted molar refractivity (Wildman–Crippen MR) is 74.2 cm³/mol. The average molecular weight is 256 g/mol. The molecule has 0 aliphatic heterocycles. The molecule has 1 aliphatic rings. The van der Waals surface area contributed by atoms with Crippen molar-refractivity contribution in [1.29, 1.82) is 0 Å². The largest absolute Gasteiger partial charge is 0.277 e. The Labute approximate surface area is 111 Å². The number of hydrogen-bond donors (Lipinski definition) is 0. The number of nitrogens with zero attached hydrogens (tertiary/aromatic N) is 2. The quantitative estimate of drug-likeness (QED) is 0.598. The molecule has 0 radical (unpaired) electrons. The molecule has 0 N–H and O–H groups in total. The lowest BCUT2D eigenvalue weighted by Gasteiger charge is -2.22. The fourth-order valence-corrected chi connectivity index (χ4v) is 3.07. The van der Waals surface area contributed by atoms with E-state index in [0.29, 0.717) is 11.3 Å². The summed E-state index contributed by atoms with van der Waals surface area (Å²) in [5, 5.41) is 12.7. The molecule has 98 valence electrons. The zero-order valence-electron chi connectivity index (χ0n) is 10.7. The van der Waals surface area contributed by atoms with E-state index in [1.807, 2.05) is 6.07 Å². The van der Waals surface area contributed by atoms with Crippen LogP contribution in [-0.2, 0) is 0 Å². The number of aromatic nitrogens is 1. The van der Waals surface area contributed by atoms with Gasteiger partial charge in [-0.05, 0) is 18.9 Å². The molecule has 19 heavy (non-hydrogen) atoms. The number of nitro groups is 1. The van der Waals surface area contributed by atoms with Crippen molar-refractivity contribution < 1.29 is 4.92 Å². The lowest BCUT2D eigenvalue weighted by molar-refractivity contribution is -0.383. The molecule has 0 spiro atoms. The van der Waals surface area contributed by atoms with Gasteiger partial charge in [-0.25, -0.2) is 0 Å². The number of benzene rings is 1. The van der Waals surface area contributed by atoms with Gasteiger partial charge in [-0.2, -0.15) is 0 Å². The van der Waals surface area contributed by atoms with Crippen molar-refractivity contribution in [2.75, 3.05) is 0 Å². The van der Waals surface area contributed by atoms with Gasteiger partial charge in [0.2, 0.25) is 0 Å². The maximum absolute atomic E-state index is 11.1. The molecule has 1 heterocycles. The van der Waals surface area contributed by atoms with Crippen molar-refractivity contribution in [3.05, 3.63) is 46.3 Å². The highest BCUT2D eigenvalue weighted by Crippen LogP contribution is 2.36. The molecule has 3 rings (SSSR count). The molecule has 0 atom stereocenters. The van der Waals surface area contributed by atoms with Gasteiger partial charge >= 0.3 is 0 Å². The van der Waals surface area contributed by atoms with Crippen LogP contribution in [0.4, 0.5) is 5.69 Å². The van der Waals surface area contributed by atoms with E-state index < -0.39 is 0 Å². The SMILES string of the molecule is O=[N+]([O-])c1cccc2c(C3CCCCC3)nccc12. The van der Waals surface area contributed by atoms with Crippen LogP contribution in [0.25, 0.3) is 10.8 Å². The summed E-state index contributed by atoms with van der Waals surface area (Å²) in [5.41, 5.74) is 1.22. The number of hydrogen-bond acceptors (Lipinski definition) is 3. The highest BCUT2D eigenvalue weighted by atomic mass is 16.6. The van der Waals surface area contributed by atoms with E-state index >= 15 is 0 Å². The van der Waals surface area contributed by atoms with Crippen LogP contribution >= 0.6 is 0 Å². The van der Waals surface area contributed by atoms with E-state index in [4.69, 9.17) is 0 Å². The van der Waals surface area contributed by atoms with E-state index in [1.165, 1.54) is 19.3 Å². The first-order chi connectivity index (χ1) is 9.27. The van der Waals surface area contributed by atoms with Gasteiger partial charge in [0.25, 0.3) is 5.69 Å². The van der Waals surface area contributed by atoms with E-state index in [9.17, 15) is 10.1 Å². The Morgan fingerprint density at radius 3 is 2.63 bits per heavy atom. The monoisotopic (exact) mass is 256 g/mol. The van der Waals surface area contributed by atoms with Crippen molar-refractivity contribution in [1.82, 2.24) is 4.98 Å². The van der Waals surface area contributed by atoms with Gasteiger partial charge in [-0.1, -0.05) is 31.4 Å². The molecular weight excluding hydrogens is 240 g/mol. The second-order valence-corrected chi connectivity index (χ2v) is 5.16. The first-order valence-corrected chi connectivity index (χ1v) is 6.79. The van der Waals surface area contributed by atoms with Crippen LogP contribution in [0.3, 0.4) is 0 Å². The lowest BCUT2D eigenvalue weighted by atomic mass is 9.85. The zero-order valence-corrected chi connectivity index (χ0v) is 10.7. The minimum Gasteiger partial charge on any atom is -0.260 e. The summed E-state index contributed by atoms with van der Waals surface area (Å²) in [6.07, 6.45) is 7.76. The molecule has 1 aromatic carbocycles. The molecule has 4 heteroatoms. The molecule has 1 saturated carbocycles. The van der Waals surface area contributed by atoms with Gasteiger partial charge in [0, 0.05) is 23.6 Å². The Morgan fingerprint density at radius 1 is 1.11 bits per heavy atom. The topological polar surface area (TPSA) is 56.0 Å². The third-order valence-electron chi connectivity index (χ3n) is 4.00. The molecule has 4 nitrogen and oxygen atoms in total. The molecule has 1 aliphatic carbocycles. The second-order valence-electron chi connectivity index (χ2n) is 5.16. The van der Waals surface area contributed by atoms with Crippen molar-refractivity contribution in [3.8, 4) is 0 Å². The lowest BCUT2D eigenvalue weighted by Crippen LogP contribution is -2.07. The van der Waals surface area contributed by atoms with Crippen molar-refractivity contribution in [2.45, 2.75) is 38.0 Å². The third-order valence-corrected chi connectivity index (χ3v) is 4.00. The van der Waals surface area contributed by atoms with Crippen LogP contribution < -0.4 is 0 Å². The molecular formula is C15H16N2O2. The minimum absolute atomic E-state index is 0.178. The Balaban J connectivity index is 2.15. The van der Waals surface area contributed by atoms with Crippen LogP contribution in [0.2, 0.25) is 0 Å². The predicted octanol–water partition coefficient (Wildman–Crippen LogP) is 4.19. The number of fused-ring (bicyclic) bond motifs is 1. The van der Waals surface area contributed by atoms with Crippen LogP contribution in [0.1, 0.15) is 43.7 Å². The highest BCUT2D eigenvalue weighted by Gasteiger charge is 2.21. The van der Waals surface area contributed by atoms with Gasteiger partial charge in [0.1, 0.15) is 0 Å². The van der Waals surface area contributed by atoms with Crippen LogP contribution in [0, 0.1) is 10.1 Å². The third kappa shape index (κ3) is 2.18. The first kappa shape index (κ1) is 12.1. The average Bonchev–Trinajstić information content (AvgIpc) is 2.46. The maximum Gasteiger partial charge on any atom is 0.277 e. The Kier molecular flexibility index (Phi) is 3.15. The Morgan fingerprint density at radius 2 is 1.89 bits per heavy atom. The molecule has 0 amide bonds. The minimum atomic E-state index is -0.313. The number of pyridine rings is 1. The molecule has 0 unspecified atom stereocenters. The van der Waals surface area contributed by atoms with Gasteiger partial charge in [-0.3, -0.25) is 15.1 Å². The van der Waals surface area contributed by atoms with Crippen molar-refractivity contribution in [3.63, 3.8) is 0 Å². The molecule has 2 aromatic rings. The van der Waals surface area contributed by atoms with E-state index in [2.05, 4.69) is 4.98 Å². The smallest absolute Gasteiger partial charge is 0.260 e. The summed E-state index contributed by atoms with van der Waals surface area (Å²) in [7, 11) is 0. The summed E-state index contributed by atoms with van der Waals surface area (Å²) in [4.78, 5) is 15.3. The first-order valence-electron chi connectivity index (χ1n) is 6.79. The summed E-state index contributed by atoms with van der Waals surface area (Å²) in [6, 6.07) is 7.03. The number of nitro benzene ring substituents is 1. The van der Waals surface area contributed by atoms with Gasteiger partial charge in [0.05, 0.1) is 16.0 Å². The van der Waals surface area contributed by atoms with Gasteiger partial charge in [-0.15, -0.1) is 0 Å². The number of rotatable bonds is 2. The summed E-state index contributed by atoms with van der Waals surface area (Å²) in [5.74, 6) is 0.458. The highest BCUT2D eigenvalue weighted by molar-refractivity contribution is 5.92. The standard InChI is InChI=1S/C15H16N2O2/c18-17(19)14-8-4-7-13-12(14)9-10-16-15(13)11-5-2-1-3-6-11/h4,7-11H,1-3,5-6H2. The number of non-ortho nitro benzene ring substituents is 1. The van der Waals surface area contributed by atoms with Gasteiger partial charge < -0.3 is 0 Å². The second kappa shape index (κ2) is 4.96. The Hall–Kier alpha value is -1.97. The maximum atomic E-state index is 11.1. The fraction of sp³-hybridized carbons (Fsp3) is 0.400. The zero-order chi connectivity index (χ0) is 13.2. The van der Waals surface area contributed by atoms with Crippen molar-refractivity contribution >= 4 is 16.5 Å². The van der Waals surface area contributed by atoms with Crippen LogP contribution in [0.5, 0.6) is 0 Å². The molecule has 0 saturated heterocycles. The van der Waals surface area contributed by atoms with E-state index in [-0.39, 0.29) is 10.6 Å². The summed E-state index contributed by atoms with van der Waals surface area (Å²) in [6.45, 7) is 0. The Bertz CT molecular complexity index is 619. The van der Waals surface area contributed by atoms with E-state index in [1.54, 1.807) is 24.4 Å². The molecule has 1 aromatic heterocycles. The fourth-order valence-electron chi connectivity index (χ4n) is 3.07. The molecule has 0 bridgehead atoms. The summed E-state index contributed by atoms with van der Waals surface area (Å²) >= 11 is 0. The molecule has 1 fully saturated rings. The summed E-state index contributed by atoms with van der Waals surface area (Å²) < 4.78 is 0. The normalized spacial score (nSPS) is 16.6. The van der Waals surface area contributed by atoms with Crippen LogP contribution in [0.15, 0.2) is 30.5 Å². The van der Waals surface area contributed by atoms with E-state index in [0.717, 1.165) is 23.9 Å². The van der Waals surface area contributed by atoms with Crippen LogP contribution in [-0.4, -0.2) is 9.91 Å². The van der Waals surface area contributed by atoms with Gasteiger partial charge in [0.15, 0.2) is 0 Å². The van der Waals surface area contributed by atoms with Crippen molar-refractivity contribution in [2.24, 2.45) is 0 Å².